The first-order chi connectivity index (χ1) is 9.69. The third-order valence-corrected chi connectivity index (χ3v) is 2.94. The number of methoxy groups -OCH3 is 1. The Bertz CT molecular complexity index is 621. The Morgan fingerprint density at radius 1 is 1.20 bits per heavy atom. The molecule has 0 bridgehead atoms. The molecule has 0 fully saturated rings. The number of benzene rings is 2. The number of nitro groups is 1. The second kappa shape index (κ2) is 6.52. The zero-order valence-corrected chi connectivity index (χ0v) is 11.2. The van der Waals surface area contributed by atoms with Crippen molar-refractivity contribution in [3.05, 3.63) is 81.5 Å². The summed E-state index contributed by atoms with van der Waals surface area (Å²) in [5.74, 6) is 0.736. The van der Waals surface area contributed by atoms with Gasteiger partial charge in [-0.2, -0.15) is 0 Å². The van der Waals surface area contributed by atoms with E-state index in [2.05, 4.69) is 12.1 Å². The number of hydrogen-bond acceptors (Lipinski definition) is 3. The van der Waals surface area contributed by atoms with E-state index in [1.54, 1.807) is 13.2 Å². The highest BCUT2D eigenvalue weighted by atomic mass is 16.6. The van der Waals surface area contributed by atoms with Crippen molar-refractivity contribution >= 4 is 6.08 Å². The average Bonchev–Trinajstić information content (AvgIpc) is 2.47. The van der Waals surface area contributed by atoms with Crippen molar-refractivity contribution in [1.29, 1.82) is 0 Å². The van der Waals surface area contributed by atoms with Gasteiger partial charge in [0.1, 0.15) is 5.75 Å². The molecule has 2 aromatic rings. The van der Waals surface area contributed by atoms with E-state index in [0.717, 1.165) is 29.5 Å². The normalized spacial score (nSPS) is 10.7. The fourth-order valence-corrected chi connectivity index (χ4v) is 1.97. The van der Waals surface area contributed by atoms with Crippen LogP contribution in [0.2, 0.25) is 0 Å². The van der Waals surface area contributed by atoms with Gasteiger partial charge in [0.2, 0.25) is 6.20 Å². The Hall–Kier alpha value is -2.62. The molecule has 0 aliphatic rings. The van der Waals surface area contributed by atoms with Gasteiger partial charge in [0.05, 0.1) is 12.0 Å². The lowest BCUT2D eigenvalue weighted by Gasteiger charge is -2.09. The van der Waals surface area contributed by atoms with Crippen molar-refractivity contribution in [3.63, 3.8) is 0 Å². The second-order valence-electron chi connectivity index (χ2n) is 4.33. The Morgan fingerprint density at radius 3 is 2.60 bits per heavy atom. The topological polar surface area (TPSA) is 52.4 Å². The fourth-order valence-electron chi connectivity index (χ4n) is 1.97. The maximum Gasteiger partial charge on any atom is 0.235 e. The highest BCUT2D eigenvalue weighted by molar-refractivity contribution is 5.53. The van der Waals surface area contributed by atoms with Crippen molar-refractivity contribution < 1.29 is 9.66 Å². The molecule has 102 valence electrons. The van der Waals surface area contributed by atoms with Crippen LogP contribution in [0.1, 0.15) is 16.7 Å². The molecule has 0 aliphatic carbocycles. The molecule has 2 rings (SSSR count). The molecule has 0 spiro atoms. The van der Waals surface area contributed by atoms with Crippen LogP contribution in [0.4, 0.5) is 0 Å². The molecule has 0 aromatic heterocycles. The van der Waals surface area contributed by atoms with Crippen LogP contribution in [-0.4, -0.2) is 12.0 Å². The quantitative estimate of drug-likeness (QED) is 0.616. The summed E-state index contributed by atoms with van der Waals surface area (Å²) >= 11 is 0. The summed E-state index contributed by atoms with van der Waals surface area (Å²) in [5.41, 5.74) is 2.99. The number of hydrogen-bond donors (Lipinski definition) is 0. The highest BCUT2D eigenvalue weighted by Crippen LogP contribution is 2.23. The Labute approximate surface area is 117 Å². The molecule has 0 N–H and O–H groups in total. The van der Waals surface area contributed by atoms with E-state index >= 15 is 0 Å². The summed E-state index contributed by atoms with van der Waals surface area (Å²) < 4.78 is 5.36. The van der Waals surface area contributed by atoms with E-state index in [0.29, 0.717) is 0 Å². The van der Waals surface area contributed by atoms with Gasteiger partial charge in [0.25, 0.3) is 0 Å². The summed E-state index contributed by atoms with van der Waals surface area (Å²) in [6.07, 6.45) is 3.14. The highest BCUT2D eigenvalue weighted by Gasteiger charge is 2.05. The molecule has 0 saturated heterocycles. The molecule has 0 aliphatic heterocycles. The first kappa shape index (κ1) is 13.8. The maximum atomic E-state index is 10.3. The second-order valence-corrected chi connectivity index (χ2v) is 4.33. The molecule has 0 heterocycles. The van der Waals surface area contributed by atoms with Crippen LogP contribution in [0.3, 0.4) is 0 Å². The molecule has 0 amide bonds. The van der Waals surface area contributed by atoms with Gasteiger partial charge in [-0.05, 0) is 22.8 Å². The number of nitrogens with zero attached hydrogens (tertiary/aromatic N) is 1. The van der Waals surface area contributed by atoms with Crippen molar-refractivity contribution in [2.45, 2.75) is 6.42 Å². The van der Waals surface area contributed by atoms with Crippen molar-refractivity contribution in [2.75, 3.05) is 7.11 Å². The van der Waals surface area contributed by atoms with Gasteiger partial charge in [-0.3, -0.25) is 10.1 Å². The Kier molecular flexibility index (Phi) is 4.50. The van der Waals surface area contributed by atoms with Crippen LogP contribution in [-0.2, 0) is 6.42 Å². The van der Waals surface area contributed by atoms with Gasteiger partial charge < -0.3 is 4.74 Å². The molecule has 4 heteroatoms. The number of ether oxygens (including phenoxy) is 1. The molecule has 0 radical (unpaired) electrons. The molecule has 0 unspecified atom stereocenters. The van der Waals surface area contributed by atoms with Gasteiger partial charge >= 0.3 is 0 Å². The fraction of sp³-hybridized carbons (Fsp3) is 0.125. The molecule has 4 nitrogen and oxygen atoms in total. The Balaban J connectivity index is 2.24. The van der Waals surface area contributed by atoms with E-state index in [4.69, 9.17) is 4.74 Å². The standard InChI is InChI=1S/C16H15NO3/c1-20-16-12-14(9-10-17(18)19)7-8-15(16)11-13-5-3-2-4-6-13/h2-10,12H,11H2,1H3/b10-9+. The SMILES string of the molecule is COc1cc(/C=C/[N+](=O)[O-])ccc1Cc1ccccc1. The zero-order valence-electron chi connectivity index (χ0n) is 11.2. The van der Waals surface area contributed by atoms with Crippen LogP contribution >= 0.6 is 0 Å². The van der Waals surface area contributed by atoms with Crippen LogP contribution in [0.25, 0.3) is 6.08 Å². The minimum absolute atomic E-state index is 0.482. The van der Waals surface area contributed by atoms with Gasteiger partial charge in [-0.15, -0.1) is 0 Å². The van der Waals surface area contributed by atoms with Crippen molar-refractivity contribution in [1.82, 2.24) is 0 Å². The van der Waals surface area contributed by atoms with Gasteiger partial charge in [-0.1, -0.05) is 42.5 Å². The minimum atomic E-state index is -0.482. The van der Waals surface area contributed by atoms with Crippen LogP contribution in [0.15, 0.2) is 54.7 Å². The lowest BCUT2D eigenvalue weighted by Crippen LogP contribution is -1.94. The molecule has 0 saturated carbocycles. The molecule has 2 aromatic carbocycles. The monoisotopic (exact) mass is 269 g/mol. The van der Waals surface area contributed by atoms with E-state index in [-0.39, 0.29) is 0 Å². The predicted molar refractivity (Wildman–Crippen MR) is 78.3 cm³/mol. The summed E-state index contributed by atoms with van der Waals surface area (Å²) in [6, 6.07) is 15.7. The molecular formula is C16H15NO3. The molecular weight excluding hydrogens is 254 g/mol. The molecule has 0 atom stereocenters. The van der Waals surface area contributed by atoms with E-state index in [1.165, 1.54) is 11.6 Å². The summed E-state index contributed by atoms with van der Waals surface area (Å²) in [6.45, 7) is 0. The van der Waals surface area contributed by atoms with E-state index in [1.807, 2.05) is 30.3 Å². The molecule has 20 heavy (non-hydrogen) atoms. The maximum absolute atomic E-state index is 10.3. The Morgan fingerprint density at radius 2 is 1.95 bits per heavy atom. The van der Waals surface area contributed by atoms with Gasteiger partial charge in [0.15, 0.2) is 0 Å². The predicted octanol–water partition coefficient (Wildman–Crippen LogP) is 3.53. The van der Waals surface area contributed by atoms with Crippen LogP contribution in [0.5, 0.6) is 5.75 Å². The van der Waals surface area contributed by atoms with Gasteiger partial charge in [-0.25, -0.2) is 0 Å². The number of rotatable bonds is 5. The van der Waals surface area contributed by atoms with Gasteiger partial charge in [0, 0.05) is 12.5 Å². The van der Waals surface area contributed by atoms with E-state index in [9.17, 15) is 10.1 Å². The van der Waals surface area contributed by atoms with Crippen LogP contribution in [0, 0.1) is 10.1 Å². The largest absolute Gasteiger partial charge is 0.496 e. The summed E-state index contributed by atoms with van der Waals surface area (Å²) in [7, 11) is 1.60. The summed E-state index contributed by atoms with van der Waals surface area (Å²) in [4.78, 5) is 9.84. The average molecular weight is 269 g/mol. The zero-order chi connectivity index (χ0) is 14.4. The van der Waals surface area contributed by atoms with Crippen LogP contribution < -0.4 is 4.74 Å². The minimum Gasteiger partial charge on any atom is -0.496 e. The summed E-state index contributed by atoms with van der Waals surface area (Å²) in [5, 5.41) is 10.3. The van der Waals surface area contributed by atoms with Crippen molar-refractivity contribution in [3.8, 4) is 5.75 Å². The smallest absolute Gasteiger partial charge is 0.235 e. The lowest BCUT2D eigenvalue weighted by atomic mass is 10.0. The third-order valence-electron chi connectivity index (χ3n) is 2.94. The van der Waals surface area contributed by atoms with E-state index < -0.39 is 4.92 Å². The first-order valence-electron chi connectivity index (χ1n) is 6.21. The lowest BCUT2D eigenvalue weighted by molar-refractivity contribution is -0.400. The third kappa shape index (κ3) is 3.68. The first-order valence-corrected chi connectivity index (χ1v) is 6.21. The van der Waals surface area contributed by atoms with Crippen molar-refractivity contribution in [2.24, 2.45) is 0 Å².